The zero-order chi connectivity index (χ0) is 19.5. The summed E-state index contributed by atoms with van der Waals surface area (Å²) in [4.78, 5) is 29.4. The number of fused-ring (bicyclic) bond motifs is 1. The molecule has 4 rings (SSSR count). The van der Waals surface area contributed by atoms with Crippen molar-refractivity contribution < 1.29 is 14.3 Å². The van der Waals surface area contributed by atoms with Gasteiger partial charge in [-0.15, -0.1) is 11.3 Å². The van der Waals surface area contributed by atoms with Gasteiger partial charge < -0.3 is 15.0 Å². The van der Waals surface area contributed by atoms with Gasteiger partial charge in [-0.1, -0.05) is 0 Å². The summed E-state index contributed by atoms with van der Waals surface area (Å²) in [6.07, 6.45) is 4.61. The van der Waals surface area contributed by atoms with E-state index in [1.54, 1.807) is 11.3 Å². The van der Waals surface area contributed by atoms with Gasteiger partial charge in [0.25, 0.3) is 5.91 Å². The topological polar surface area (TPSA) is 58.6 Å². The summed E-state index contributed by atoms with van der Waals surface area (Å²) in [5.41, 5.74) is 1.96. The Labute approximate surface area is 169 Å². The molecule has 2 amide bonds. The number of hydrogen-bond acceptors (Lipinski definition) is 4. The lowest BCUT2D eigenvalue weighted by Crippen LogP contribution is -2.27. The summed E-state index contributed by atoms with van der Waals surface area (Å²) in [5.74, 6) is 0.959. The maximum atomic E-state index is 12.7. The molecule has 0 radical (unpaired) electrons. The van der Waals surface area contributed by atoms with E-state index in [0.29, 0.717) is 13.0 Å². The van der Waals surface area contributed by atoms with Crippen molar-refractivity contribution in [2.75, 3.05) is 25.0 Å². The fourth-order valence-electron chi connectivity index (χ4n) is 3.97. The molecule has 1 saturated heterocycles. The number of likely N-dealkylation sites (tertiary alicyclic amines) is 1. The molecule has 148 valence electrons. The molecule has 5 nitrogen and oxygen atoms in total. The smallest absolute Gasteiger partial charge is 0.263 e. The first-order chi connectivity index (χ1) is 13.6. The molecule has 0 saturated carbocycles. The van der Waals surface area contributed by atoms with Crippen molar-refractivity contribution in [3.63, 3.8) is 0 Å². The third-order valence-corrected chi connectivity index (χ3v) is 6.72. The molecule has 2 aliphatic rings. The predicted octanol–water partition coefficient (Wildman–Crippen LogP) is 4.13. The minimum Gasteiger partial charge on any atom is -0.494 e. The summed E-state index contributed by atoms with van der Waals surface area (Å²) in [7, 11) is 0. The molecule has 1 aliphatic heterocycles. The molecular weight excluding hydrogens is 372 g/mol. The van der Waals surface area contributed by atoms with E-state index in [1.807, 2.05) is 42.2 Å². The van der Waals surface area contributed by atoms with Gasteiger partial charge in [-0.25, -0.2) is 0 Å². The highest BCUT2D eigenvalue weighted by Gasteiger charge is 2.29. The fourth-order valence-corrected chi connectivity index (χ4v) is 5.15. The van der Waals surface area contributed by atoms with Crippen molar-refractivity contribution >= 4 is 28.8 Å². The number of rotatable bonds is 5. The van der Waals surface area contributed by atoms with Gasteiger partial charge in [0.15, 0.2) is 0 Å². The third kappa shape index (κ3) is 4.07. The van der Waals surface area contributed by atoms with Crippen molar-refractivity contribution in [2.45, 2.75) is 39.0 Å². The van der Waals surface area contributed by atoms with E-state index in [4.69, 9.17) is 4.74 Å². The maximum absolute atomic E-state index is 12.7. The Hall–Kier alpha value is -2.34. The molecular formula is C22H26N2O3S. The van der Waals surface area contributed by atoms with Crippen molar-refractivity contribution in [3.05, 3.63) is 45.6 Å². The Kier molecular flexibility index (Phi) is 5.67. The van der Waals surface area contributed by atoms with E-state index >= 15 is 0 Å². The highest BCUT2D eigenvalue weighted by molar-refractivity contribution is 7.14. The molecule has 1 fully saturated rings. The average molecular weight is 399 g/mol. The van der Waals surface area contributed by atoms with Crippen molar-refractivity contribution in [1.29, 1.82) is 0 Å². The van der Waals surface area contributed by atoms with Crippen LogP contribution in [-0.2, 0) is 17.6 Å². The van der Waals surface area contributed by atoms with Gasteiger partial charge in [-0.3, -0.25) is 9.59 Å². The second-order valence-corrected chi connectivity index (χ2v) is 8.58. The molecule has 0 unspecified atom stereocenters. The van der Waals surface area contributed by atoms with Crippen LogP contribution in [0, 0.1) is 5.92 Å². The zero-order valence-electron chi connectivity index (χ0n) is 16.2. The molecule has 1 aliphatic carbocycles. The number of ether oxygens (including phenoxy) is 1. The Morgan fingerprint density at radius 3 is 2.68 bits per heavy atom. The van der Waals surface area contributed by atoms with Gasteiger partial charge in [0, 0.05) is 29.6 Å². The number of anilines is 1. The minimum absolute atomic E-state index is 0.0495. The first-order valence-corrected chi connectivity index (χ1v) is 10.9. The summed E-state index contributed by atoms with van der Waals surface area (Å²) in [5, 5.41) is 3.02. The number of nitrogens with one attached hydrogen (secondary N) is 1. The summed E-state index contributed by atoms with van der Waals surface area (Å²) >= 11 is 1.62. The maximum Gasteiger partial charge on any atom is 0.263 e. The van der Waals surface area contributed by atoms with E-state index in [-0.39, 0.29) is 17.7 Å². The van der Waals surface area contributed by atoms with Crippen LogP contribution in [0.2, 0.25) is 0 Å². The highest BCUT2D eigenvalue weighted by atomic mass is 32.1. The Balaban J connectivity index is 1.39. The molecule has 0 bridgehead atoms. The van der Waals surface area contributed by atoms with Crippen molar-refractivity contribution in [3.8, 4) is 5.75 Å². The Morgan fingerprint density at radius 1 is 1.21 bits per heavy atom. The molecule has 2 aromatic rings. The van der Waals surface area contributed by atoms with E-state index in [1.165, 1.54) is 10.4 Å². The van der Waals surface area contributed by atoms with Crippen LogP contribution in [0.5, 0.6) is 5.75 Å². The largest absolute Gasteiger partial charge is 0.494 e. The lowest BCUT2D eigenvalue weighted by atomic mass is 9.87. The van der Waals surface area contributed by atoms with Gasteiger partial charge in [-0.05, 0) is 74.9 Å². The normalized spacial score (nSPS) is 18.6. The Morgan fingerprint density at radius 2 is 1.96 bits per heavy atom. The van der Waals surface area contributed by atoms with E-state index in [0.717, 1.165) is 55.1 Å². The van der Waals surface area contributed by atoms with Crippen LogP contribution in [-0.4, -0.2) is 36.4 Å². The lowest BCUT2D eigenvalue weighted by Gasteiger charge is -2.21. The van der Waals surface area contributed by atoms with Crippen LogP contribution in [0.25, 0.3) is 0 Å². The van der Waals surface area contributed by atoms with Gasteiger partial charge in [-0.2, -0.15) is 0 Å². The molecule has 1 N–H and O–H groups in total. The standard InChI is InChI=1S/C22H26N2O3S/c1-2-27-18-8-6-17(7-9-18)23-21(25)15-5-10-19-16(13-15)14-20(28-19)22(26)24-11-3-4-12-24/h6-9,14-15H,2-5,10-13H2,1H3,(H,23,25)/t15-/m0/s1. The molecule has 6 heteroatoms. The second kappa shape index (κ2) is 8.35. The number of carbonyl (C=O) groups excluding carboxylic acids is 2. The molecule has 1 aromatic heterocycles. The minimum atomic E-state index is -0.0524. The number of amides is 2. The highest BCUT2D eigenvalue weighted by Crippen LogP contribution is 2.34. The third-order valence-electron chi connectivity index (χ3n) is 5.49. The van der Waals surface area contributed by atoms with Crippen LogP contribution >= 0.6 is 11.3 Å². The monoisotopic (exact) mass is 398 g/mol. The number of benzene rings is 1. The number of hydrogen-bond donors (Lipinski definition) is 1. The van der Waals surface area contributed by atoms with Crippen LogP contribution < -0.4 is 10.1 Å². The van der Waals surface area contributed by atoms with Crippen molar-refractivity contribution in [1.82, 2.24) is 4.90 Å². The Bertz CT molecular complexity index is 853. The average Bonchev–Trinajstić information content (AvgIpc) is 3.38. The first-order valence-electron chi connectivity index (χ1n) is 10.1. The van der Waals surface area contributed by atoms with Gasteiger partial charge in [0.1, 0.15) is 5.75 Å². The SMILES string of the molecule is CCOc1ccc(NC(=O)[C@H]2CCc3sc(C(=O)N4CCCC4)cc3C2)cc1. The fraction of sp³-hybridized carbons (Fsp3) is 0.455. The number of thiophene rings is 1. The summed E-state index contributed by atoms with van der Waals surface area (Å²) < 4.78 is 5.44. The van der Waals surface area contributed by atoms with Crippen LogP contribution in [0.15, 0.2) is 30.3 Å². The molecule has 0 spiro atoms. The number of aryl methyl sites for hydroxylation is 1. The number of nitrogens with zero attached hydrogens (tertiary/aromatic N) is 1. The van der Waals surface area contributed by atoms with Crippen molar-refractivity contribution in [2.24, 2.45) is 5.92 Å². The predicted molar refractivity (Wildman–Crippen MR) is 111 cm³/mol. The first kappa shape index (κ1) is 19.0. The molecule has 1 atom stereocenters. The van der Waals surface area contributed by atoms with Crippen LogP contribution in [0.1, 0.15) is 46.3 Å². The lowest BCUT2D eigenvalue weighted by molar-refractivity contribution is -0.120. The van der Waals surface area contributed by atoms with Crippen LogP contribution in [0.4, 0.5) is 5.69 Å². The summed E-state index contributed by atoms with van der Waals surface area (Å²) in [6, 6.07) is 9.50. The van der Waals surface area contributed by atoms with Gasteiger partial charge >= 0.3 is 0 Å². The second-order valence-electron chi connectivity index (χ2n) is 7.44. The molecule has 28 heavy (non-hydrogen) atoms. The molecule has 2 heterocycles. The van der Waals surface area contributed by atoms with Gasteiger partial charge in [0.05, 0.1) is 11.5 Å². The van der Waals surface area contributed by atoms with E-state index in [2.05, 4.69) is 5.32 Å². The molecule has 1 aromatic carbocycles. The summed E-state index contributed by atoms with van der Waals surface area (Å²) in [6.45, 7) is 4.31. The number of carbonyl (C=O) groups is 2. The quantitative estimate of drug-likeness (QED) is 0.824. The van der Waals surface area contributed by atoms with E-state index < -0.39 is 0 Å². The van der Waals surface area contributed by atoms with Crippen LogP contribution in [0.3, 0.4) is 0 Å². The van der Waals surface area contributed by atoms with E-state index in [9.17, 15) is 9.59 Å². The van der Waals surface area contributed by atoms with Gasteiger partial charge in [0.2, 0.25) is 5.91 Å². The zero-order valence-corrected chi connectivity index (χ0v) is 17.0.